The van der Waals surface area contributed by atoms with Gasteiger partial charge in [-0.3, -0.25) is 0 Å². The Labute approximate surface area is 125 Å². The van der Waals surface area contributed by atoms with Crippen molar-refractivity contribution in [3.8, 4) is 22.6 Å². The van der Waals surface area contributed by atoms with E-state index >= 15 is 0 Å². The largest absolute Gasteiger partial charge is 0.480 e. The summed E-state index contributed by atoms with van der Waals surface area (Å²) in [5.41, 5.74) is 0.474. The lowest BCUT2D eigenvalue weighted by molar-refractivity contribution is 0.189. The highest BCUT2D eigenvalue weighted by atomic mass is 32.1. The predicted octanol–water partition coefficient (Wildman–Crippen LogP) is 3.81. The Bertz CT molecular complexity index is 774. The van der Waals surface area contributed by atoms with Crippen LogP contribution in [0.5, 0.6) is 5.75 Å². The Balaban J connectivity index is 1.80. The Hall–Kier alpha value is -2.65. The highest BCUT2D eigenvalue weighted by Gasteiger charge is 2.18. The van der Waals surface area contributed by atoms with Gasteiger partial charge in [-0.25, -0.2) is 0 Å². The van der Waals surface area contributed by atoms with Crippen molar-refractivity contribution in [3.63, 3.8) is 0 Å². The quantitative estimate of drug-likeness (QED) is 0.732. The average Bonchev–Trinajstić information content (AvgIpc) is 3.18. The zero-order valence-electron chi connectivity index (χ0n) is 11.2. The molecule has 21 heavy (non-hydrogen) atoms. The number of para-hydroxylation sites is 1. The first kappa shape index (κ1) is 13.3. The summed E-state index contributed by atoms with van der Waals surface area (Å²) < 4.78 is 11.4. The maximum Gasteiger partial charge on any atom is 0.257 e. The minimum Gasteiger partial charge on any atom is -0.480 e. The number of nitriles is 1. The van der Waals surface area contributed by atoms with Crippen LogP contribution in [0.4, 0.5) is 0 Å². The van der Waals surface area contributed by atoms with Gasteiger partial charge in [-0.15, -0.1) is 21.5 Å². The molecule has 0 unspecified atom stereocenters. The van der Waals surface area contributed by atoms with E-state index in [0.29, 0.717) is 23.1 Å². The number of rotatable bonds is 4. The topological polar surface area (TPSA) is 71.9 Å². The van der Waals surface area contributed by atoms with Crippen molar-refractivity contribution >= 4 is 11.3 Å². The molecule has 1 aromatic carbocycles. The fraction of sp³-hybridized carbons (Fsp3) is 0.133. The fourth-order valence-corrected chi connectivity index (χ4v) is 2.45. The van der Waals surface area contributed by atoms with Gasteiger partial charge in [0.15, 0.2) is 6.10 Å². The average molecular weight is 297 g/mol. The van der Waals surface area contributed by atoms with Crippen molar-refractivity contribution in [3.05, 3.63) is 53.2 Å². The number of benzene rings is 1. The number of thiophene rings is 1. The number of ether oxygens (including phenoxy) is 1. The first-order valence-corrected chi connectivity index (χ1v) is 7.19. The van der Waals surface area contributed by atoms with Gasteiger partial charge in [0.25, 0.3) is 11.8 Å². The standard InChI is InChI=1S/C15H11N3O2S/c1-10(19-12-6-3-2-5-11(12)9-16)14-17-18-15(20-14)13-7-4-8-21-13/h2-8,10H,1H3/t10-/m1/s1. The molecule has 3 aromatic rings. The lowest BCUT2D eigenvalue weighted by Crippen LogP contribution is -2.04. The minimum atomic E-state index is -0.430. The summed E-state index contributed by atoms with van der Waals surface area (Å²) in [5.74, 6) is 1.36. The van der Waals surface area contributed by atoms with Crippen molar-refractivity contribution in [2.45, 2.75) is 13.0 Å². The van der Waals surface area contributed by atoms with Crippen LogP contribution in [-0.4, -0.2) is 10.2 Å². The van der Waals surface area contributed by atoms with Crippen LogP contribution in [0.25, 0.3) is 10.8 Å². The molecule has 104 valence electrons. The van der Waals surface area contributed by atoms with E-state index in [2.05, 4.69) is 16.3 Å². The molecule has 2 aromatic heterocycles. The van der Waals surface area contributed by atoms with Crippen LogP contribution in [0, 0.1) is 11.3 Å². The van der Waals surface area contributed by atoms with Crippen LogP contribution < -0.4 is 4.74 Å². The SMILES string of the molecule is C[C@@H](Oc1ccccc1C#N)c1nnc(-c2cccs2)o1. The second-order valence-electron chi connectivity index (χ2n) is 4.29. The highest BCUT2D eigenvalue weighted by Crippen LogP contribution is 2.28. The third-order valence-electron chi connectivity index (χ3n) is 2.83. The summed E-state index contributed by atoms with van der Waals surface area (Å²) in [4.78, 5) is 0.915. The highest BCUT2D eigenvalue weighted by molar-refractivity contribution is 7.13. The van der Waals surface area contributed by atoms with E-state index < -0.39 is 6.10 Å². The molecule has 0 spiro atoms. The summed E-state index contributed by atoms with van der Waals surface area (Å²) >= 11 is 1.53. The molecule has 0 N–H and O–H groups in total. The van der Waals surface area contributed by atoms with Crippen LogP contribution in [0.15, 0.2) is 46.2 Å². The summed E-state index contributed by atoms with van der Waals surface area (Å²) in [6.07, 6.45) is -0.430. The first-order chi connectivity index (χ1) is 10.3. The lowest BCUT2D eigenvalue weighted by Gasteiger charge is -2.11. The van der Waals surface area contributed by atoms with Crippen molar-refractivity contribution in [2.75, 3.05) is 0 Å². The molecular weight excluding hydrogens is 286 g/mol. The van der Waals surface area contributed by atoms with Gasteiger partial charge >= 0.3 is 0 Å². The van der Waals surface area contributed by atoms with E-state index in [-0.39, 0.29) is 0 Å². The van der Waals surface area contributed by atoms with Gasteiger partial charge in [0, 0.05) is 0 Å². The van der Waals surface area contributed by atoms with E-state index in [9.17, 15) is 0 Å². The number of hydrogen-bond donors (Lipinski definition) is 0. The molecule has 0 fully saturated rings. The van der Waals surface area contributed by atoms with Gasteiger partial charge in [-0.05, 0) is 30.5 Å². The van der Waals surface area contributed by atoms with E-state index in [1.807, 2.05) is 23.6 Å². The van der Waals surface area contributed by atoms with Gasteiger partial charge in [0.2, 0.25) is 0 Å². The Kier molecular flexibility index (Phi) is 3.67. The van der Waals surface area contributed by atoms with Crippen molar-refractivity contribution in [1.82, 2.24) is 10.2 Å². The van der Waals surface area contributed by atoms with E-state index in [4.69, 9.17) is 14.4 Å². The van der Waals surface area contributed by atoms with Crippen molar-refractivity contribution in [2.24, 2.45) is 0 Å². The van der Waals surface area contributed by atoms with Gasteiger partial charge < -0.3 is 9.15 Å². The smallest absolute Gasteiger partial charge is 0.257 e. The fourth-order valence-electron chi connectivity index (χ4n) is 1.80. The normalized spacial score (nSPS) is 11.8. The molecule has 0 aliphatic heterocycles. The van der Waals surface area contributed by atoms with Gasteiger partial charge in [-0.2, -0.15) is 5.26 Å². The van der Waals surface area contributed by atoms with E-state index in [0.717, 1.165) is 4.88 Å². The molecule has 0 amide bonds. The van der Waals surface area contributed by atoms with Crippen molar-refractivity contribution in [1.29, 1.82) is 5.26 Å². The maximum atomic E-state index is 9.05. The van der Waals surface area contributed by atoms with Gasteiger partial charge in [-0.1, -0.05) is 18.2 Å². The summed E-state index contributed by atoms with van der Waals surface area (Å²) in [7, 11) is 0. The predicted molar refractivity (Wildman–Crippen MR) is 77.8 cm³/mol. The number of hydrogen-bond acceptors (Lipinski definition) is 6. The molecule has 2 heterocycles. The van der Waals surface area contributed by atoms with Crippen LogP contribution in [-0.2, 0) is 0 Å². The maximum absolute atomic E-state index is 9.05. The summed E-state index contributed by atoms with van der Waals surface area (Å²) in [5, 5.41) is 19.0. The zero-order chi connectivity index (χ0) is 14.7. The third kappa shape index (κ3) is 2.78. The molecule has 5 nitrogen and oxygen atoms in total. The first-order valence-electron chi connectivity index (χ1n) is 6.31. The van der Waals surface area contributed by atoms with Gasteiger partial charge in [0.05, 0.1) is 10.4 Å². The monoisotopic (exact) mass is 297 g/mol. The van der Waals surface area contributed by atoms with E-state index in [1.54, 1.807) is 25.1 Å². The van der Waals surface area contributed by atoms with Crippen LogP contribution >= 0.6 is 11.3 Å². The van der Waals surface area contributed by atoms with Crippen LogP contribution in [0.3, 0.4) is 0 Å². The number of aromatic nitrogens is 2. The molecule has 0 aliphatic carbocycles. The minimum absolute atomic E-state index is 0.381. The molecule has 6 heteroatoms. The van der Waals surface area contributed by atoms with Gasteiger partial charge in [0.1, 0.15) is 11.8 Å². The molecule has 0 radical (unpaired) electrons. The Morgan fingerprint density at radius 3 is 2.86 bits per heavy atom. The second kappa shape index (κ2) is 5.77. The number of nitrogens with zero attached hydrogens (tertiary/aromatic N) is 3. The zero-order valence-corrected chi connectivity index (χ0v) is 12.0. The van der Waals surface area contributed by atoms with Crippen molar-refractivity contribution < 1.29 is 9.15 Å². The summed E-state index contributed by atoms with van der Waals surface area (Å²) in [6.45, 7) is 1.81. The Morgan fingerprint density at radius 2 is 2.10 bits per heavy atom. The molecule has 0 aliphatic rings. The third-order valence-corrected chi connectivity index (χ3v) is 3.69. The van der Waals surface area contributed by atoms with Crippen LogP contribution in [0.1, 0.15) is 24.5 Å². The lowest BCUT2D eigenvalue weighted by atomic mass is 10.2. The molecule has 1 atom stereocenters. The molecule has 0 bridgehead atoms. The molecule has 3 rings (SSSR count). The molecular formula is C15H11N3O2S. The van der Waals surface area contributed by atoms with Crippen LogP contribution in [0.2, 0.25) is 0 Å². The summed E-state index contributed by atoms with van der Waals surface area (Å²) in [6, 6.07) is 13.0. The Morgan fingerprint density at radius 1 is 1.24 bits per heavy atom. The van der Waals surface area contributed by atoms with E-state index in [1.165, 1.54) is 11.3 Å². The molecule has 0 saturated heterocycles. The second-order valence-corrected chi connectivity index (χ2v) is 5.24. The molecule has 0 saturated carbocycles.